The van der Waals surface area contributed by atoms with Crippen molar-refractivity contribution < 1.29 is 17.6 Å². The molecule has 0 atom stereocenters. The molecule has 136 valence electrons. The average molecular weight is 375 g/mol. The SMILES string of the molecule is O=C(NN=C1CCN(S(=O)(=O)c2ccccc2)CC1)c1ccc(F)cc1. The van der Waals surface area contributed by atoms with Gasteiger partial charge in [-0.3, -0.25) is 4.79 Å². The summed E-state index contributed by atoms with van der Waals surface area (Å²) in [5.41, 5.74) is 3.46. The maximum atomic E-state index is 12.9. The van der Waals surface area contributed by atoms with Gasteiger partial charge in [-0.2, -0.15) is 9.41 Å². The van der Waals surface area contributed by atoms with Gasteiger partial charge in [0.2, 0.25) is 10.0 Å². The van der Waals surface area contributed by atoms with Crippen LogP contribution in [0.1, 0.15) is 23.2 Å². The molecule has 8 heteroatoms. The first kappa shape index (κ1) is 18.2. The van der Waals surface area contributed by atoms with Crippen molar-refractivity contribution in [2.24, 2.45) is 5.10 Å². The summed E-state index contributed by atoms with van der Waals surface area (Å²) in [7, 11) is -3.51. The van der Waals surface area contributed by atoms with Crippen molar-refractivity contribution in [3.63, 3.8) is 0 Å². The zero-order valence-corrected chi connectivity index (χ0v) is 14.7. The number of nitrogens with zero attached hydrogens (tertiary/aromatic N) is 2. The van der Waals surface area contributed by atoms with Gasteiger partial charge in [-0.05, 0) is 36.4 Å². The minimum absolute atomic E-state index is 0.269. The molecule has 3 rings (SSSR count). The van der Waals surface area contributed by atoms with E-state index in [2.05, 4.69) is 10.5 Å². The highest BCUT2D eigenvalue weighted by atomic mass is 32.2. The summed E-state index contributed by atoms with van der Waals surface area (Å²) >= 11 is 0. The van der Waals surface area contributed by atoms with Crippen molar-refractivity contribution in [3.8, 4) is 0 Å². The number of hydrogen-bond donors (Lipinski definition) is 1. The van der Waals surface area contributed by atoms with Crippen molar-refractivity contribution >= 4 is 21.6 Å². The number of nitrogens with one attached hydrogen (secondary N) is 1. The molecule has 1 N–H and O–H groups in total. The Morgan fingerprint density at radius 3 is 2.23 bits per heavy atom. The molecule has 0 bridgehead atoms. The lowest BCUT2D eigenvalue weighted by molar-refractivity contribution is 0.0954. The molecular weight excluding hydrogens is 357 g/mol. The lowest BCUT2D eigenvalue weighted by Crippen LogP contribution is -2.39. The normalized spacial score (nSPS) is 15.5. The summed E-state index contributed by atoms with van der Waals surface area (Å²) in [6.45, 7) is 0.616. The smallest absolute Gasteiger partial charge is 0.267 e. The molecular formula is C18H18FN3O3S. The molecule has 0 radical (unpaired) electrons. The molecule has 0 aromatic heterocycles. The molecule has 6 nitrogen and oxygen atoms in total. The molecule has 1 aliphatic heterocycles. The summed E-state index contributed by atoms with van der Waals surface area (Å²) in [6, 6.07) is 13.4. The minimum Gasteiger partial charge on any atom is -0.267 e. The van der Waals surface area contributed by atoms with Crippen LogP contribution in [0.15, 0.2) is 64.6 Å². The van der Waals surface area contributed by atoms with Crippen molar-refractivity contribution in [1.29, 1.82) is 0 Å². The van der Waals surface area contributed by atoms with Crippen LogP contribution in [0.25, 0.3) is 0 Å². The van der Waals surface area contributed by atoms with Crippen LogP contribution < -0.4 is 5.43 Å². The van der Waals surface area contributed by atoms with Crippen LogP contribution in [0.2, 0.25) is 0 Å². The van der Waals surface area contributed by atoms with Gasteiger partial charge in [0.05, 0.1) is 4.90 Å². The van der Waals surface area contributed by atoms with Gasteiger partial charge in [-0.25, -0.2) is 18.2 Å². The molecule has 0 spiro atoms. The molecule has 0 saturated carbocycles. The van der Waals surface area contributed by atoms with E-state index in [0.29, 0.717) is 31.5 Å². The van der Waals surface area contributed by atoms with Gasteiger partial charge >= 0.3 is 0 Å². The summed E-state index contributed by atoms with van der Waals surface area (Å²) in [5.74, 6) is -0.850. The highest BCUT2D eigenvalue weighted by Crippen LogP contribution is 2.19. The average Bonchev–Trinajstić information content (AvgIpc) is 2.67. The third-order valence-corrected chi connectivity index (χ3v) is 6.02. The van der Waals surface area contributed by atoms with Crippen LogP contribution in [0.3, 0.4) is 0 Å². The second kappa shape index (κ2) is 7.76. The number of piperidine rings is 1. The fraction of sp³-hybridized carbons (Fsp3) is 0.222. The predicted octanol–water partition coefficient (Wildman–Crippen LogP) is 2.40. The topological polar surface area (TPSA) is 78.8 Å². The van der Waals surface area contributed by atoms with E-state index in [1.165, 1.54) is 28.6 Å². The van der Waals surface area contributed by atoms with Gasteiger partial charge in [0.1, 0.15) is 5.82 Å². The first-order chi connectivity index (χ1) is 12.5. The number of benzene rings is 2. The van der Waals surface area contributed by atoms with E-state index in [1.807, 2.05) is 0 Å². The Bertz CT molecular complexity index is 902. The number of carbonyl (C=O) groups is 1. The highest BCUT2D eigenvalue weighted by Gasteiger charge is 2.27. The van der Waals surface area contributed by atoms with Crippen LogP contribution in [0.4, 0.5) is 4.39 Å². The van der Waals surface area contributed by atoms with Gasteiger partial charge in [0.25, 0.3) is 5.91 Å². The second-order valence-electron chi connectivity index (χ2n) is 5.84. The highest BCUT2D eigenvalue weighted by molar-refractivity contribution is 7.89. The van der Waals surface area contributed by atoms with E-state index in [4.69, 9.17) is 0 Å². The summed E-state index contributed by atoms with van der Waals surface area (Å²) in [6.07, 6.45) is 0.880. The predicted molar refractivity (Wildman–Crippen MR) is 95.7 cm³/mol. The van der Waals surface area contributed by atoms with Gasteiger partial charge in [0, 0.05) is 37.2 Å². The van der Waals surface area contributed by atoms with E-state index >= 15 is 0 Å². The Hall–Kier alpha value is -2.58. The summed E-state index contributed by atoms with van der Waals surface area (Å²) in [4.78, 5) is 12.2. The fourth-order valence-corrected chi connectivity index (χ4v) is 4.10. The molecule has 2 aromatic rings. The van der Waals surface area contributed by atoms with Crippen LogP contribution in [-0.2, 0) is 10.0 Å². The summed E-state index contributed by atoms with van der Waals surface area (Å²) in [5, 5.41) is 4.07. The lowest BCUT2D eigenvalue weighted by atomic mass is 10.1. The lowest BCUT2D eigenvalue weighted by Gasteiger charge is -2.26. The van der Waals surface area contributed by atoms with E-state index in [-0.39, 0.29) is 4.90 Å². The Balaban J connectivity index is 1.59. The number of carbonyl (C=O) groups excluding carboxylic acids is 1. The Kier molecular flexibility index (Phi) is 5.43. The van der Waals surface area contributed by atoms with Gasteiger partial charge in [0.15, 0.2) is 0 Å². The maximum absolute atomic E-state index is 12.9. The Morgan fingerprint density at radius 1 is 1.00 bits per heavy atom. The number of amides is 1. The third-order valence-electron chi connectivity index (χ3n) is 4.10. The van der Waals surface area contributed by atoms with E-state index in [1.54, 1.807) is 30.3 Å². The van der Waals surface area contributed by atoms with Crippen LogP contribution in [0, 0.1) is 5.82 Å². The van der Waals surface area contributed by atoms with Gasteiger partial charge in [-0.15, -0.1) is 0 Å². The molecule has 1 amide bonds. The van der Waals surface area contributed by atoms with E-state index in [9.17, 15) is 17.6 Å². The summed E-state index contributed by atoms with van der Waals surface area (Å²) < 4.78 is 39.4. The van der Waals surface area contributed by atoms with Gasteiger partial charge < -0.3 is 0 Å². The number of hydrazone groups is 1. The Morgan fingerprint density at radius 2 is 1.62 bits per heavy atom. The standard InChI is InChI=1S/C18H18FN3O3S/c19-15-8-6-14(7-9-15)18(23)21-20-16-10-12-22(13-11-16)26(24,25)17-4-2-1-3-5-17/h1-9H,10-13H2,(H,21,23). The van der Waals surface area contributed by atoms with Crippen molar-refractivity contribution in [2.45, 2.75) is 17.7 Å². The fourth-order valence-electron chi connectivity index (χ4n) is 2.63. The molecule has 26 heavy (non-hydrogen) atoms. The van der Waals surface area contributed by atoms with E-state index < -0.39 is 21.7 Å². The molecule has 1 fully saturated rings. The Labute approximate surface area is 151 Å². The monoisotopic (exact) mass is 375 g/mol. The quantitative estimate of drug-likeness (QED) is 0.834. The third kappa shape index (κ3) is 4.14. The van der Waals surface area contributed by atoms with Crippen LogP contribution in [0.5, 0.6) is 0 Å². The van der Waals surface area contributed by atoms with Crippen molar-refractivity contribution in [3.05, 3.63) is 66.0 Å². The number of sulfonamides is 1. The van der Waals surface area contributed by atoms with Crippen LogP contribution >= 0.6 is 0 Å². The molecule has 1 aliphatic rings. The largest absolute Gasteiger partial charge is 0.271 e. The van der Waals surface area contributed by atoms with Crippen LogP contribution in [-0.4, -0.2) is 37.4 Å². The van der Waals surface area contributed by atoms with Crippen molar-refractivity contribution in [1.82, 2.24) is 9.73 Å². The number of halogens is 1. The number of hydrogen-bond acceptors (Lipinski definition) is 4. The molecule has 0 unspecified atom stereocenters. The zero-order chi connectivity index (χ0) is 18.6. The maximum Gasteiger partial charge on any atom is 0.271 e. The molecule has 2 aromatic carbocycles. The first-order valence-electron chi connectivity index (χ1n) is 8.13. The molecule has 1 saturated heterocycles. The minimum atomic E-state index is -3.51. The molecule has 0 aliphatic carbocycles. The number of rotatable bonds is 4. The van der Waals surface area contributed by atoms with E-state index in [0.717, 1.165) is 5.71 Å². The molecule has 1 heterocycles. The van der Waals surface area contributed by atoms with Gasteiger partial charge in [-0.1, -0.05) is 18.2 Å². The van der Waals surface area contributed by atoms with Crippen molar-refractivity contribution in [2.75, 3.05) is 13.1 Å². The first-order valence-corrected chi connectivity index (χ1v) is 9.57. The zero-order valence-electron chi connectivity index (χ0n) is 13.9. The second-order valence-corrected chi connectivity index (χ2v) is 7.78.